The summed E-state index contributed by atoms with van der Waals surface area (Å²) in [6, 6.07) is 6.17. The highest BCUT2D eigenvalue weighted by molar-refractivity contribution is 6.32. The van der Waals surface area contributed by atoms with Crippen LogP contribution in [-0.2, 0) is 0 Å². The van der Waals surface area contributed by atoms with E-state index in [-0.39, 0.29) is 5.02 Å². The van der Waals surface area contributed by atoms with E-state index in [9.17, 15) is 4.79 Å². The zero-order valence-corrected chi connectivity index (χ0v) is 7.17. The molecule has 0 fully saturated rings. The number of carbonyl (C=O) groups is 1. The molecule has 2 N–H and O–H groups in total. The normalized spacial score (nSPS) is 8.92. The summed E-state index contributed by atoms with van der Waals surface area (Å²) in [4.78, 5) is 10.2. The maximum Gasteiger partial charge on any atom is 0.409 e. The highest BCUT2D eigenvalue weighted by Crippen LogP contribution is 2.19. The van der Waals surface area contributed by atoms with Gasteiger partial charge >= 0.3 is 6.09 Å². The molecule has 13 heavy (non-hydrogen) atoms. The topological polar surface area (TPSA) is 73.1 Å². The number of hydrogen-bond donors (Lipinski definition) is 2. The van der Waals surface area contributed by atoms with E-state index in [1.807, 2.05) is 6.07 Å². The van der Waals surface area contributed by atoms with E-state index >= 15 is 0 Å². The van der Waals surface area contributed by atoms with Gasteiger partial charge < -0.3 is 5.11 Å². The lowest BCUT2D eigenvalue weighted by Crippen LogP contribution is -2.06. The molecule has 0 aliphatic carbocycles. The number of rotatable bonds is 1. The molecule has 1 rings (SSSR count). The predicted octanol–water partition coefficient (Wildman–Crippen LogP) is 2.30. The number of anilines is 1. The number of hydrogen-bond acceptors (Lipinski definition) is 2. The first kappa shape index (κ1) is 9.36. The first-order valence-corrected chi connectivity index (χ1v) is 3.71. The Morgan fingerprint density at radius 3 is 2.77 bits per heavy atom. The highest BCUT2D eigenvalue weighted by atomic mass is 35.5. The molecule has 1 aromatic carbocycles. The van der Waals surface area contributed by atoms with Crippen LogP contribution in [0, 0.1) is 11.3 Å². The third kappa shape index (κ3) is 2.36. The Bertz CT molecular complexity index is 384. The fourth-order valence-corrected chi connectivity index (χ4v) is 1.03. The number of carboxylic acid groups (broad SMARTS) is 1. The molecule has 0 aliphatic rings. The Morgan fingerprint density at radius 2 is 2.31 bits per heavy atom. The van der Waals surface area contributed by atoms with Crippen molar-refractivity contribution in [2.75, 3.05) is 5.32 Å². The van der Waals surface area contributed by atoms with Gasteiger partial charge in [-0.05, 0) is 18.2 Å². The first-order valence-electron chi connectivity index (χ1n) is 3.33. The van der Waals surface area contributed by atoms with Crippen LogP contribution in [0.25, 0.3) is 0 Å². The van der Waals surface area contributed by atoms with E-state index in [1.54, 1.807) is 0 Å². The van der Waals surface area contributed by atoms with Crippen molar-refractivity contribution < 1.29 is 9.90 Å². The van der Waals surface area contributed by atoms with Gasteiger partial charge in [0.15, 0.2) is 0 Å². The summed E-state index contributed by atoms with van der Waals surface area (Å²) in [6.07, 6.45) is -1.17. The van der Waals surface area contributed by atoms with Crippen LogP contribution in [-0.4, -0.2) is 11.2 Å². The molecule has 0 saturated heterocycles. The third-order valence-corrected chi connectivity index (χ3v) is 1.65. The molecule has 0 aliphatic heterocycles. The van der Waals surface area contributed by atoms with Crippen molar-refractivity contribution in [1.29, 1.82) is 5.26 Å². The lowest BCUT2D eigenvalue weighted by molar-refractivity contribution is 0.210. The van der Waals surface area contributed by atoms with Crippen LogP contribution >= 0.6 is 11.6 Å². The quantitative estimate of drug-likeness (QED) is 0.724. The Kier molecular flexibility index (Phi) is 2.72. The highest BCUT2D eigenvalue weighted by Gasteiger charge is 2.02. The molecule has 0 aromatic heterocycles. The van der Waals surface area contributed by atoms with Crippen LogP contribution in [0.1, 0.15) is 5.56 Å². The summed E-state index contributed by atoms with van der Waals surface area (Å²) in [5, 5.41) is 19.2. The number of benzene rings is 1. The molecule has 0 unspecified atom stereocenters. The molecule has 0 radical (unpaired) electrons. The van der Waals surface area contributed by atoms with Crippen molar-refractivity contribution in [2.45, 2.75) is 0 Å². The zero-order chi connectivity index (χ0) is 9.84. The van der Waals surface area contributed by atoms with Gasteiger partial charge in [-0.3, -0.25) is 5.32 Å². The monoisotopic (exact) mass is 196 g/mol. The molecular formula is C8H5ClN2O2. The molecule has 1 amide bonds. The maximum atomic E-state index is 10.2. The fraction of sp³-hybridized carbons (Fsp3) is 0. The minimum absolute atomic E-state index is 0.230. The van der Waals surface area contributed by atoms with E-state index in [2.05, 4.69) is 5.32 Å². The summed E-state index contributed by atoms with van der Waals surface area (Å²) in [5.74, 6) is 0. The molecular weight excluding hydrogens is 192 g/mol. The van der Waals surface area contributed by atoms with Gasteiger partial charge in [0.2, 0.25) is 0 Å². The minimum Gasteiger partial charge on any atom is -0.465 e. The Labute approximate surface area is 79.4 Å². The number of nitriles is 1. The summed E-state index contributed by atoms with van der Waals surface area (Å²) >= 11 is 5.66. The Morgan fingerprint density at radius 1 is 1.62 bits per heavy atom. The van der Waals surface area contributed by atoms with Crippen LogP contribution in [0.15, 0.2) is 18.2 Å². The van der Waals surface area contributed by atoms with Crippen molar-refractivity contribution >= 4 is 23.4 Å². The van der Waals surface area contributed by atoms with Gasteiger partial charge in [-0.2, -0.15) is 5.26 Å². The molecule has 5 heteroatoms. The summed E-state index contributed by atoms with van der Waals surface area (Å²) < 4.78 is 0. The molecule has 4 nitrogen and oxygen atoms in total. The number of halogens is 1. The second kappa shape index (κ2) is 3.78. The van der Waals surface area contributed by atoms with Crippen LogP contribution < -0.4 is 5.32 Å². The maximum absolute atomic E-state index is 10.2. The number of amides is 1. The SMILES string of the molecule is N#Cc1ccc(NC(=O)O)cc1Cl. The minimum atomic E-state index is -1.17. The van der Waals surface area contributed by atoms with Gasteiger partial charge in [0.25, 0.3) is 0 Å². The van der Waals surface area contributed by atoms with Gasteiger partial charge in [0.1, 0.15) is 6.07 Å². The average molecular weight is 197 g/mol. The first-order chi connectivity index (χ1) is 6.13. The van der Waals surface area contributed by atoms with E-state index in [1.165, 1.54) is 18.2 Å². The van der Waals surface area contributed by atoms with Crippen LogP contribution in [0.2, 0.25) is 5.02 Å². The summed E-state index contributed by atoms with van der Waals surface area (Å²) in [5.41, 5.74) is 0.661. The Balaban J connectivity index is 2.97. The molecule has 0 spiro atoms. The third-order valence-electron chi connectivity index (χ3n) is 1.34. The van der Waals surface area contributed by atoms with Gasteiger partial charge in [-0.1, -0.05) is 11.6 Å². The van der Waals surface area contributed by atoms with Crippen LogP contribution in [0.4, 0.5) is 10.5 Å². The lowest BCUT2D eigenvalue weighted by Gasteiger charge is -2.01. The average Bonchev–Trinajstić information content (AvgIpc) is 2.03. The molecule has 0 bridgehead atoms. The molecule has 0 atom stereocenters. The smallest absolute Gasteiger partial charge is 0.409 e. The van der Waals surface area contributed by atoms with E-state index in [4.69, 9.17) is 22.0 Å². The summed E-state index contributed by atoms with van der Waals surface area (Å²) in [6.45, 7) is 0. The van der Waals surface area contributed by atoms with Crippen molar-refractivity contribution in [3.05, 3.63) is 28.8 Å². The van der Waals surface area contributed by atoms with Crippen molar-refractivity contribution in [1.82, 2.24) is 0 Å². The van der Waals surface area contributed by atoms with Crippen LogP contribution in [0.5, 0.6) is 0 Å². The van der Waals surface area contributed by atoms with Gasteiger partial charge in [0, 0.05) is 5.69 Å². The standard InChI is InChI=1S/C8H5ClN2O2/c9-7-3-6(11-8(12)13)2-1-5(7)4-10/h1-3,11H,(H,12,13). The van der Waals surface area contributed by atoms with E-state index < -0.39 is 6.09 Å². The van der Waals surface area contributed by atoms with E-state index in [0.29, 0.717) is 11.3 Å². The van der Waals surface area contributed by atoms with Gasteiger partial charge in [0.05, 0.1) is 10.6 Å². The van der Waals surface area contributed by atoms with Crippen molar-refractivity contribution in [2.24, 2.45) is 0 Å². The van der Waals surface area contributed by atoms with E-state index in [0.717, 1.165) is 0 Å². The summed E-state index contributed by atoms with van der Waals surface area (Å²) in [7, 11) is 0. The van der Waals surface area contributed by atoms with Crippen molar-refractivity contribution in [3.8, 4) is 6.07 Å². The van der Waals surface area contributed by atoms with Gasteiger partial charge in [-0.15, -0.1) is 0 Å². The predicted molar refractivity (Wildman–Crippen MR) is 47.8 cm³/mol. The second-order valence-electron chi connectivity index (χ2n) is 2.24. The second-order valence-corrected chi connectivity index (χ2v) is 2.64. The largest absolute Gasteiger partial charge is 0.465 e. The molecule has 0 heterocycles. The van der Waals surface area contributed by atoms with Gasteiger partial charge in [-0.25, -0.2) is 4.79 Å². The Hall–Kier alpha value is -1.73. The fourth-order valence-electron chi connectivity index (χ4n) is 0.807. The molecule has 0 saturated carbocycles. The molecule has 1 aromatic rings. The number of nitrogens with one attached hydrogen (secondary N) is 1. The van der Waals surface area contributed by atoms with Crippen molar-refractivity contribution in [3.63, 3.8) is 0 Å². The lowest BCUT2D eigenvalue weighted by atomic mass is 10.2. The molecule has 66 valence electrons. The van der Waals surface area contributed by atoms with Crippen LogP contribution in [0.3, 0.4) is 0 Å². The zero-order valence-electron chi connectivity index (χ0n) is 6.41. The number of nitrogens with zero attached hydrogens (tertiary/aromatic N) is 1.